The summed E-state index contributed by atoms with van der Waals surface area (Å²) in [5.74, 6) is 0. The first-order valence-electron chi connectivity index (χ1n) is 5.94. The number of methoxy groups -OCH3 is 1. The van der Waals surface area contributed by atoms with Gasteiger partial charge in [0, 0.05) is 39.8 Å². The van der Waals surface area contributed by atoms with Gasteiger partial charge < -0.3 is 9.64 Å². The number of ether oxygens (including phenoxy) is 1. The normalized spacial score (nSPS) is 19.6. The molecule has 1 aliphatic heterocycles. The van der Waals surface area contributed by atoms with Crippen LogP contribution in [0, 0.1) is 11.3 Å². The monoisotopic (exact) mass is 225 g/mol. The fraction of sp³-hybridized carbons (Fsp3) is 0.917. The van der Waals surface area contributed by atoms with Crippen LogP contribution in [0.4, 0.5) is 0 Å². The van der Waals surface area contributed by atoms with Crippen LogP contribution in [0.3, 0.4) is 0 Å². The first kappa shape index (κ1) is 13.4. The van der Waals surface area contributed by atoms with Crippen molar-refractivity contribution in [3.63, 3.8) is 0 Å². The first-order valence-corrected chi connectivity index (χ1v) is 5.94. The Morgan fingerprint density at radius 3 is 2.25 bits per heavy atom. The van der Waals surface area contributed by atoms with Crippen LogP contribution in [0.1, 0.15) is 20.3 Å². The molecule has 92 valence electrons. The average molecular weight is 225 g/mol. The zero-order valence-corrected chi connectivity index (χ0v) is 10.7. The maximum atomic E-state index is 8.60. The number of piperazine rings is 1. The molecule has 1 fully saturated rings. The topological polar surface area (TPSA) is 39.5 Å². The van der Waals surface area contributed by atoms with E-state index in [2.05, 4.69) is 29.7 Å². The van der Waals surface area contributed by atoms with Crippen LogP contribution in [0.2, 0.25) is 0 Å². The predicted octanol–water partition coefficient (Wildman–Crippen LogP) is 0.943. The Bertz CT molecular complexity index is 239. The van der Waals surface area contributed by atoms with Gasteiger partial charge in [-0.1, -0.05) is 0 Å². The van der Waals surface area contributed by atoms with Gasteiger partial charge >= 0.3 is 0 Å². The third-order valence-corrected chi connectivity index (χ3v) is 3.34. The van der Waals surface area contributed by atoms with Crippen LogP contribution in [0.15, 0.2) is 0 Å². The molecule has 16 heavy (non-hydrogen) atoms. The van der Waals surface area contributed by atoms with Gasteiger partial charge in [0.15, 0.2) is 0 Å². The lowest BCUT2D eigenvalue weighted by Crippen LogP contribution is -2.47. The Hall–Kier alpha value is -0.630. The van der Waals surface area contributed by atoms with Crippen molar-refractivity contribution in [3.05, 3.63) is 0 Å². The lowest BCUT2D eigenvalue weighted by Gasteiger charge is -2.35. The molecule has 0 bridgehead atoms. The van der Waals surface area contributed by atoms with E-state index in [1.54, 1.807) is 7.11 Å². The third-order valence-electron chi connectivity index (χ3n) is 3.34. The zero-order valence-electron chi connectivity index (χ0n) is 10.7. The molecule has 0 spiro atoms. The molecular weight excluding hydrogens is 202 g/mol. The molecule has 4 heteroatoms. The van der Waals surface area contributed by atoms with E-state index < -0.39 is 0 Å². The Labute approximate surface area is 98.8 Å². The molecule has 0 aromatic rings. The van der Waals surface area contributed by atoms with E-state index >= 15 is 0 Å². The molecule has 4 nitrogen and oxygen atoms in total. The fourth-order valence-electron chi connectivity index (χ4n) is 1.80. The molecule has 0 N–H and O–H groups in total. The van der Waals surface area contributed by atoms with Crippen LogP contribution < -0.4 is 0 Å². The standard InChI is InChI=1S/C12H23N3O/c1-12(2,16-3)4-6-14-8-10-15(7-5-13)11-9-14/h4,6-11H2,1-3H3. The maximum Gasteiger partial charge on any atom is 0.0866 e. The Balaban J connectivity index is 2.20. The molecule has 0 radical (unpaired) electrons. The molecule has 0 saturated carbocycles. The van der Waals surface area contributed by atoms with Crippen molar-refractivity contribution in [1.82, 2.24) is 9.80 Å². The van der Waals surface area contributed by atoms with Crippen LogP contribution >= 0.6 is 0 Å². The highest BCUT2D eigenvalue weighted by Gasteiger charge is 2.20. The third kappa shape index (κ3) is 4.48. The maximum absolute atomic E-state index is 8.60. The lowest BCUT2D eigenvalue weighted by atomic mass is 10.0. The molecule has 0 aromatic heterocycles. The second-order valence-electron chi connectivity index (χ2n) is 4.99. The molecule has 0 aliphatic carbocycles. The summed E-state index contributed by atoms with van der Waals surface area (Å²) in [4.78, 5) is 4.66. The molecule has 0 unspecified atom stereocenters. The van der Waals surface area contributed by atoms with Crippen molar-refractivity contribution >= 4 is 0 Å². The Morgan fingerprint density at radius 1 is 1.19 bits per heavy atom. The molecule has 0 aromatic carbocycles. The number of hydrogen-bond donors (Lipinski definition) is 0. The van der Waals surface area contributed by atoms with E-state index in [1.165, 1.54) is 0 Å². The van der Waals surface area contributed by atoms with Crippen molar-refractivity contribution in [2.45, 2.75) is 25.9 Å². The summed E-state index contributed by atoms with van der Waals surface area (Å²) in [6, 6.07) is 2.21. The minimum absolute atomic E-state index is 0.0240. The van der Waals surface area contributed by atoms with Crippen molar-refractivity contribution in [2.24, 2.45) is 0 Å². The van der Waals surface area contributed by atoms with Gasteiger partial charge in [-0.2, -0.15) is 5.26 Å². The van der Waals surface area contributed by atoms with Crippen molar-refractivity contribution in [1.29, 1.82) is 5.26 Å². The summed E-state index contributed by atoms with van der Waals surface area (Å²) < 4.78 is 5.41. The quantitative estimate of drug-likeness (QED) is 0.653. The second-order valence-corrected chi connectivity index (χ2v) is 4.99. The van der Waals surface area contributed by atoms with Gasteiger partial charge in [-0.05, 0) is 20.3 Å². The summed E-state index contributed by atoms with van der Waals surface area (Å²) >= 11 is 0. The average Bonchev–Trinajstić information content (AvgIpc) is 2.29. The summed E-state index contributed by atoms with van der Waals surface area (Å²) in [5, 5.41) is 8.60. The van der Waals surface area contributed by atoms with Gasteiger partial charge in [0.2, 0.25) is 0 Å². The predicted molar refractivity (Wildman–Crippen MR) is 64.2 cm³/mol. The van der Waals surface area contributed by atoms with Crippen molar-refractivity contribution < 1.29 is 4.74 Å². The van der Waals surface area contributed by atoms with Crippen LogP contribution in [-0.2, 0) is 4.74 Å². The van der Waals surface area contributed by atoms with Crippen LogP contribution in [-0.4, -0.2) is 61.8 Å². The SMILES string of the molecule is COC(C)(C)CCN1CCN(CC#N)CC1. The van der Waals surface area contributed by atoms with Gasteiger partial charge in [0.25, 0.3) is 0 Å². The minimum atomic E-state index is -0.0240. The molecule has 1 saturated heterocycles. The van der Waals surface area contributed by atoms with Gasteiger partial charge in [-0.3, -0.25) is 4.90 Å². The Morgan fingerprint density at radius 2 is 1.75 bits per heavy atom. The number of hydrogen-bond acceptors (Lipinski definition) is 4. The molecule has 1 aliphatic rings. The number of nitrogens with zero attached hydrogens (tertiary/aromatic N) is 3. The summed E-state index contributed by atoms with van der Waals surface area (Å²) in [6.07, 6.45) is 1.06. The van der Waals surface area contributed by atoms with E-state index in [1.807, 2.05) is 0 Å². The first-order chi connectivity index (χ1) is 7.57. The minimum Gasteiger partial charge on any atom is -0.379 e. The fourth-order valence-corrected chi connectivity index (χ4v) is 1.80. The van der Waals surface area contributed by atoms with Gasteiger partial charge in [0.05, 0.1) is 18.2 Å². The molecular formula is C12H23N3O. The lowest BCUT2D eigenvalue weighted by molar-refractivity contribution is 0.00375. The summed E-state index contributed by atoms with van der Waals surface area (Å²) in [6.45, 7) is 10.1. The van der Waals surface area contributed by atoms with Crippen molar-refractivity contribution in [2.75, 3.05) is 46.4 Å². The van der Waals surface area contributed by atoms with E-state index in [9.17, 15) is 0 Å². The highest BCUT2D eigenvalue weighted by Crippen LogP contribution is 2.14. The van der Waals surface area contributed by atoms with E-state index in [0.29, 0.717) is 6.54 Å². The van der Waals surface area contributed by atoms with E-state index in [4.69, 9.17) is 10.00 Å². The van der Waals surface area contributed by atoms with Crippen LogP contribution in [0.5, 0.6) is 0 Å². The second kappa shape index (κ2) is 6.19. The molecule has 0 atom stereocenters. The van der Waals surface area contributed by atoms with Gasteiger partial charge in [0.1, 0.15) is 0 Å². The number of rotatable bonds is 5. The summed E-state index contributed by atoms with van der Waals surface area (Å²) in [7, 11) is 1.77. The largest absolute Gasteiger partial charge is 0.379 e. The zero-order chi connectivity index (χ0) is 12.0. The molecule has 1 heterocycles. The van der Waals surface area contributed by atoms with Crippen molar-refractivity contribution in [3.8, 4) is 6.07 Å². The molecule has 1 rings (SSSR count). The molecule has 0 amide bonds. The smallest absolute Gasteiger partial charge is 0.0866 e. The van der Waals surface area contributed by atoms with Gasteiger partial charge in [-0.15, -0.1) is 0 Å². The number of nitriles is 1. The Kier molecular flexibility index (Phi) is 5.20. The van der Waals surface area contributed by atoms with Crippen LogP contribution in [0.25, 0.3) is 0 Å². The van der Waals surface area contributed by atoms with E-state index in [0.717, 1.165) is 39.1 Å². The van der Waals surface area contributed by atoms with Gasteiger partial charge in [-0.25, -0.2) is 0 Å². The highest BCUT2D eigenvalue weighted by atomic mass is 16.5. The van der Waals surface area contributed by atoms with E-state index in [-0.39, 0.29) is 5.60 Å². The highest BCUT2D eigenvalue weighted by molar-refractivity contribution is 4.81. The summed E-state index contributed by atoms with van der Waals surface area (Å²) in [5.41, 5.74) is -0.0240.